The number of carbonyl (C=O) groups is 1. The fourth-order valence-electron chi connectivity index (χ4n) is 1.85. The molecule has 0 radical (unpaired) electrons. The molecule has 4 nitrogen and oxygen atoms in total. The van der Waals surface area contributed by atoms with Crippen molar-refractivity contribution in [3.8, 4) is 0 Å². The van der Waals surface area contributed by atoms with E-state index in [0.29, 0.717) is 17.2 Å². The highest BCUT2D eigenvalue weighted by atomic mass is 16.5. The van der Waals surface area contributed by atoms with Gasteiger partial charge in [0.15, 0.2) is 5.58 Å². The van der Waals surface area contributed by atoms with Crippen molar-refractivity contribution in [1.29, 1.82) is 0 Å². The molecule has 0 aromatic carbocycles. The minimum atomic E-state index is -0.322. The van der Waals surface area contributed by atoms with E-state index in [4.69, 9.17) is 9.15 Å². The zero-order valence-corrected chi connectivity index (χ0v) is 10.3. The molecule has 0 bridgehead atoms. The predicted octanol–water partition coefficient (Wildman–Crippen LogP) is 3.35. The quantitative estimate of drug-likeness (QED) is 0.827. The van der Waals surface area contributed by atoms with Crippen molar-refractivity contribution in [2.45, 2.75) is 33.3 Å². The molecule has 0 fully saturated rings. The fourth-order valence-corrected chi connectivity index (χ4v) is 1.85. The van der Waals surface area contributed by atoms with Crippen LogP contribution in [-0.4, -0.2) is 17.1 Å². The van der Waals surface area contributed by atoms with Gasteiger partial charge in [0.2, 0.25) is 0 Å². The molecule has 0 saturated carbocycles. The van der Waals surface area contributed by atoms with Gasteiger partial charge in [-0.2, -0.15) is 0 Å². The second kappa shape index (κ2) is 4.65. The number of rotatable bonds is 4. The first kappa shape index (κ1) is 11.8. The predicted molar refractivity (Wildman–Crippen MR) is 64.9 cm³/mol. The van der Waals surface area contributed by atoms with Crippen LogP contribution in [0.1, 0.15) is 37.7 Å². The third kappa shape index (κ3) is 2.35. The summed E-state index contributed by atoms with van der Waals surface area (Å²) in [6.07, 6.45) is 2.36. The van der Waals surface area contributed by atoms with E-state index < -0.39 is 0 Å². The summed E-state index contributed by atoms with van der Waals surface area (Å²) in [5.74, 6) is -0.00106. The standard InChI is InChI=1S/C13H17NO3/c1-4-11(8(2)3)17-13(15)10-7-12-9(14-10)5-6-16-12/h5-8,11,14H,4H2,1-3H3. The first-order valence-corrected chi connectivity index (χ1v) is 5.89. The Morgan fingerprint density at radius 1 is 1.53 bits per heavy atom. The van der Waals surface area contributed by atoms with Crippen molar-refractivity contribution in [2.24, 2.45) is 5.92 Å². The van der Waals surface area contributed by atoms with E-state index in [1.807, 2.05) is 20.8 Å². The lowest BCUT2D eigenvalue weighted by atomic mass is 10.1. The molecular formula is C13H17NO3. The maximum atomic E-state index is 11.9. The largest absolute Gasteiger partial charge is 0.463 e. The number of nitrogens with one attached hydrogen (secondary N) is 1. The number of carbonyl (C=O) groups excluding carboxylic acids is 1. The van der Waals surface area contributed by atoms with Crippen LogP contribution in [0.15, 0.2) is 22.8 Å². The first-order valence-electron chi connectivity index (χ1n) is 5.89. The minimum Gasteiger partial charge on any atom is -0.463 e. The van der Waals surface area contributed by atoms with Crippen LogP contribution in [0.4, 0.5) is 0 Å². The summed E-state index contributed by atoms with van der Waals surface area (Å²) >= 11 is 0. The van der Waals surface area contributed by atoms with Crippen molar-refractivity contribution in [3.05, 3.63) is 24.1 Å². The van der Waals surface area contributed by atoms with E-state index >= 15 is 0 Å². The molecule has 0 aliphatic heterocycles. The minimum absolute atomic E-state index is 0.0444. The number of hydrogen-bond acceptors (Lipinski definition) is 3. The molecule has 0 aliphatic carbocycles. The maximum Gasteiger partial charge on any atom is 0.355 e. The Balaban J connectivity index is 2.12. The number of H-pyrrole nitrogens is 1. The van der Waals surface area contributed by atoms with Gasteiger partial charge >= 0.3 is 5.97 Å². The number of esters is 1. The van der Waals surface area contributed by atoms with Gasteiger partial charge in [0.1, 0.15) is 11.8 Å². The number of furan rings is 1. The normalized spacial score (nSPS) is 13.2. The Hall–Kier alpha value is -1.71. The summed E-state index contributed by atoms with van der Waals surface area (Å²) in [6, 6.07) is 3.45. The van der Waals surface area contributed by atoms with E-state index in [1.54, 1.807) is 18.4 Å². The van der Waals surface area contributed by atoms with Gasteiger partial charge < -0.3 is 14.1 Å². The summed E-state index contributed by atoms with van der Waals surface area (Å²) in [5.41, 5.74) is 1.93. The van der Waals surface area contributed by atoms with Crippen LogP contribution < -0.4 is 0 Å². The third-order valence-electron chi connectivity index (χ3n) is 2.86. The summed E-state index contributed by atoms with van der Waals surface area (Å²) in [7, 11) is 0. The molecule has 17 heavy (non-hydrogen) atoms. The van der Waals surface area contributed by atoms with Crippen molar-refractivity contribution < 1.29 is 13.9 Å². The average molecular weight is 235 g/mol. The van der Waals surface area contributed by atoms with Gasteiger partial charge in [-0.25, -0.2) is 4.79 Å². The van der Waals surface area contributed by atoms with Gasteiger partial charge in [-0.15, -0.1) is 0 Å². The molecule has 1 atom stereocenters. The SMILES string of the molecule is CCC(OC(=O)c1cc2occc2[nH]1)C(C)C. The molecule has 2 aromatic rings. The molecule has 4 heteroatoms. The van der Waals surface area contributed by atoms with Crippen LogP contribution in [0.3, 0.4) is 0 Å². The Bertz CT molecular complexity index is 481. The topological polar surface area (TPSA) is 55.2 Å². The van der Waals surface area contributed by atoms with Gasteiger partial charge in [0.05, 0.1) is 11.8 Å². The Kier molecular flexibility index (Phi) is 3.22. The molecule has 1 unspecified atom stereocenters. The third-order valence-corrected chi connectivity index (χ3v) is 2.86. The van der Waals surface area contributed by atoms with E-state index in [-0.39, 0.29) is 12.1 Å². The number of hydrogen-bond donors (Lipinski definition) is 1. The van der Waals surface area contributed by atoms with Crippen LogP contribution in [0.25, 0.3) is 11.1 Å². The van der Waals surface area contributed by atoms with Crippen LogP contribution in [0.5, 0.6) is 0 Å². The zero-order chi connectivity index (χ0) is 12.4. The molecule has 0 aliphatic rings. The molecule has 0 amide bonds. The van der Waals surface area contributed by atoms with Gasteiger partial charge in [-0.1, -0.05) is 20.8 Å². The number of aromatic amines is 1. The number of fused-ring (bicyclic) bond motifs is 1. The molecule has 2 aromatic heterocycles. The second-order valence-corrected chi connectivity index (χ2v) is 4.48. The van der Waals surface area contributed by atoms with Crippen molar-refractivity contribution in [3.63, 3.8) is 0 Å². The van der Waals surface area contributed by atoms with Gasteiger partial charge in [0.25, 0.3) is 0 Å². The van der Waals surface area contributed by atoms with Crippen LogP contribution in [0, 0.1) is 5.92 Å². The Morgan fingerprint density at radius 3 is 2.88 bits per heavy atom. The van der Waals surface area contributed by atoms with Gasteiger partial charge in [-0.05, 0) is 12.3 Å². The van der Waals surface area contributed by atoms with E-state index in [2.05, 4.69) is 4.98 Å². The van der Waals surface area contributed by atoms with Gasteiger partial charge in [0, 0.05) is 12.1 Å². The Labute approximate surface area is 99.9 Å². The molecule has 2 rings (SSSR count). The van der Waals surface area contributed by atoms with Crippen molar-refractivity contribution >= 4 is 17.1 Å². The van der Waals surface area contributed by atoms with Crippen molar-refractivity contribution in [2.75, 3.05) is 0 Å². The molecule has 92 valence electrons. The van der Waals surface area contributed by atoms with E-state index in [0.717, 1.165) is 11.9 Å². The molecule has 0 saturated heterocycles. The lowest BCUT2D eigenvalue weighted by Crippen LogP contribution is -2.23. The summed E-state index contributed by atoms with van der Waals surface area (Å²) in [5, 5.41) is 0. The first-order chi connectivity index (χ1) is 8.11. The smallest absolute Gasteiger partial charge is 0.355 e. The van der Waals surface area contributed by atoms with E-state index in [9.17, 15) is 4.79 Å². The lowest BCUT2D eigenvalue weighted by molar-refractivity contribution is 0.0167. The van der Waals surface area contributed by atoms with Crippen LogP contribution >= 0.6 is 0 Å². The maximum absolute atomic E-state index is 11.9. The van der Waals surface area contributed by atoms with E-state index in [1.165, 1.54) is 0 Å². The molecule has 1 N–H and O–H groups in total. The summed E-state index contributed by atoms with van der Waals surface area (Å²) in [6.45, 7) is 6.10. The highest BCUT2D eigenvalue weighted by Crippen LogP contribution is 2.18. The average Bonchev–Trinajstić information content (AvgIpc) is 2.84. The second-order valence-electron chi connectivity index (χ2n) is 4.48. The molecule has 2 heterocycles. The summed E-state index contributed by atoms with van der Waals surface area (Å²) in [4.78, 5) is 14.9. The van der Waals surface area contributed by atoms with Crippen LogP contribution in [0.2, 0.25) is 0 Å². The molecular weight excluding hydrogens is 218 g/mol. The summed E-state index contributed by atoms with van der Waals surface area (Å²) < 4.78 is 10.6. The van der Waals surface area contributed by atoms with Crippen LogP contribution in [-0.2, 0) is 4.74 Å². The highest BCUT2D eigenvalue weighted by Gasteiger charge is 2.19. The zero-order valence-electron chi connectivity index (χ0n) is 10.3. The Morgan fingerprint density at radius 2 is 2.29 bits per heavy atom. The lowest BCUT2D eigenvalue weighted by Gasteiger charge is -2.19. The monoisotopic (exact) mass is 235 g/mol. The van der Waals surface area contributed by atoms with Crippen molar-refractivity contribution in [1.82, 2.24) is 4.98 Å². The number of aromatic nitrogens is 1. The molecule has 0 spiro atoms. The van der Waals surface area contributed by atoms with Gasteiger partial charge in [-0.3, -0.25) is 0 Å². The highest BCUT2D eigenvalue weighted by molar-refractivity contribution is 5.93. The fraction of sp³-hybridized carbons (Fsp3) is 0.462. The number of ether oxygens (including phenoxy) is 1.